The Labute approximate surface area is 139 Å². The van der Waals surface area contributed by atoms with Crippen molar-refractivity contribution >= 4 is 5.91 Å². The third-order valence-corrected chi connectivity index (χ3v) is 3.99. The molecular formula is C18H18F2N2O2. The summed E-state index contributed by atoms with van der Waals surface area (Å²) in [4.78, 5) is 14.4. The number of benzene rings is 2. The molecule has 6 heteroatoms. The van der Waals surface area contributed by atoms with E-state index >= 15 is 0 Å². The molecule has 1 heterocycles. The molecule has 1 fully saturated rings. The highest BCUT2D eigenvalue weighted by molar-refractivity contribution is 5.94. The molecule has 0 aliphatic carbocycles. The number of nitrogens with zero attached hydrogens (tertiary/aromatic N) is 1. The van der Waals surface area contributed by atoms with Gasteiger partial charge in [-0.25, -0.2) is 8.78 Å². The summed E-state index contributed by atoms with van der Waals surface area (Å²) in [5.41, 5.74) is 0.552. The maximum absolute atomic E-state index is 13.6. The van der Waals surface area contributed by atoms with Gasteiger partial charge in [-0.05, 0) is 43.3 Å². The Balaban J connectivity index is 1.72. The summed E-state index contributed by atoms with van der Waals surface area (Å²) in [6.45, 7) is 4.22. The van der Waals surface area contributed by atoms with Crippen LogP contribution in [-0.4, -0.2) is 36.5 Å². The van der Waals surface area contributed by atoms with Gasteiger partial charge in [0.25, 0.3) is 5.91 Å². The molecule has 3 rings (SSSR count). The average molecular weight is 332 g/mol. The molecule has 1 saturated heterocycles. The molecule has 0 unspecified atom stereocenters. The van der Waals surface area contributed by atoms with Crippen molar-refractivity contribution in [2.45, 2.75) is 13.0 Å². The fraction of sp³-hybridized carbons (Fsp3) is 0.278. The van der Waals surface area contributed by atoms with Crippen LogP contribution in [0.25, 0.3) is 0 Å². The maximum atomic E-state index is 13.6. The Bertz CT molecular complexity index is 734. The molecule has 0 aromatic heterocycles. The van der Waals surface area contributed by atoms with Crippen molar-refractivity contribution in [1.82, 2.24) is 10.2 Å². The van der Waals surface area contributed by atoms with Crippen LogP contribution < -0.4 is 10.1 Å². The van der Waals surface area contributed by atoms with Gasteiger partial charge in [0.05, 0.1) is 0 Å². The molecule has 4 nitrogen and oxygen atoms in total. The standard InChI is InChI=1S/C18H18F2N2O2/c1-12-11-21-8-9-22(12)18(23)13-2-5-15(6-3-13)24-17-7-4-14(19)10-16(17)20/h2-7,10,12,21H,8-9,11H2,1H3/t12-/m0/s1. The molecule has 126 valence electrons. The molecule has 0 bridgehead atoms. The van der Waals surface area contributed by atoms with E-state index in [2.05, 4.69) is 5.32 Å². The summed E-state index contributed by atoms with van der Waals surface area (Å²) in [7, 11) is 0. The predicted octanol–water partition coefficient (Wildman–Crippen LogP) is 3.19. The molecule has 0 saturated carbocycles. The van der Waals surface area contributed by atoms with Crippen LogP contribution in [0, 0.1) is 11.6 Å². The number of piperazine rings is 1. The first kappa shape index (κ1) is 16.4. The van der Waals surface area contributed by atoms with Crippen molar-refractivity contribution in [1.29, 1.82) is 0 Å². The van der Waals surface area contributed by atoms with Gasteiger partial charge in [0.1, 0.15) is 11.6 Å². The zero-order chi connectivity index (χ0) is 17.1. The molecule has 24 heavy (non-hydrogen) atoms. The third kappa shape index (κ3) is 3.54. The lowest BCUT2D eigenvalue weighted by Gasteiger charge is -2.34. The minimum absolute atomic E-state index is 0.0384. The van der Waals surface area contributed by atoms with Crippen molar-refractivity contribution in [3.8, 4) is 11.5 Å². The fourth-order valence-corrected chi connectivity index (χ4v) is 2.66. The van der Waals surface area contributed by atoms with E-state index in [1.807, 2.05) is 11.8 Å². The lowest BCUT2D eigenvalue weighted by atomic mass is 10.1. The maximum Gasteiger partial charge on any atom is 0.254 e. The van der Waals surface area contributed by atoms with Crippen molar-refractivity contribution < 1.29 is 18.3 Å². The molecule has 1 aliphatic heterocycles. The number of amides is 1. The van der Waals surface area contributed by atoms with E-state index in [1.54, 1.807) is 24.3 Å². The van der Waals surface area contributed by atoms with Crippen LogP contribution >= 0.6 is 0 Å². The molecule has 1 aliphatic rings. The number of ether oxygens (including phenoxy) is 1. The Morgan fingerprint density at radius 3 is 2.62 bits per heavy atom. The summed E-state index contributed by atoms with van der Waals surface area (Å²) in [5, 5.41) is 3.24. The van der Waals surface area contributed by atoms with Gasteiger partial charge in [-0.3, -0.25) is 4.79 Å². The Morgan fingerprint density at radius 1 is 1.21 bits per heavy atom. The van der Waals surface area contributed by atoms with E-state index in [0.717, 1.165) is 25.2 Å². The van der Waals surface area contributed by atoms with Crippen molar-refractivity contribution in [2.75, 3.05) is 19.6 Å². The van der Waals surface area contributed by atoms with E-state index in [9.17, 15) is 13.6 Å². The van der Waals surface area contributed by atoms with Gasteiger partial charge in [0.2, 0.25) is 0 Å². The second kappa shape index (κ2) is 6.97. The summed E-state index contributed by atoms with van der Waals surface area (Å²) in [6.07, 6.45) is 0. The van der Waals surface area contributed by atoms with Crippen LogP contribution in [0.4, 0.5) is 8.78 Å². The van der Waals surface area contributed by atoms with E-state index in [-0.39, 0.29) is 17.7 Å². The summed E-state index contributed by atoms with van der Waals surface area (Å²) in [5.74, 6) is -1.16. The molecule has 0 spiro atoms. The van der Waals surface area contributed by atoms with Crippen molar-refractivity contribution in [2.24, 2.45) is 0 Å². The highest BCUT2D eigenvalue weighted by Crippen LogP contribution is 2.25. The normalized spacial score (nSPS) is 17.6. The van der Waals surface area contributed by atoms with Gasteiger partial charge in [-0.15, -0.1) is 0 Å². The number of nitrogens with one attached hydrogen (secondary N) is 1. The average Bonchev–Trinajstić information content (AvgIpc) is 2.58. The second-order valence-corrected chi connectivity index (χ2v) is 5.75. The van der Waals surface area contributed by atoms with Crippen LogP contribution in [0.1, 0.15) is 17.3 Å². The highest BCUT2D eigenvalue weighted by Gasteiger charge is 2.23. The van der Waals surface area contributed by atoms with Gasteiger partial charge in [0.15, 0.2) is 11.6 Å². The summed E-state index contributed by atoms with van der Waals surface area (Å²) in [6, 6.07) is 9.75. The van der Waals surface area contributed by atoms with E-state index < -0.39 is 11.6 Å². The minimum atomic E-state index is -0.773. The van der Waals surface area contributed by atoms with Crippen LogP contribution in [-0.2, 0) is 0 Å². The molecule has 0 radical (unpaired) electrons. The van der Waals surface area contributed by atoms with Crippen LogP contribution in [0.15, 0.2) is 42.5 Å². The van der Waals surface area contributed by atoms with E-state index in [0.29, 0.717) is 17.9 Å². The number of halogens is 2. The first-order valence-corrected chi connectivity index (χ1v) is 7.79. The van der Waals surface area contributed by atoms with Crippen LogP contribution in [0.2, 0.25) is 0 Å². The third-order valence-electron chi connectivity index (χ3n) is 3.99. The predicted molar refractivity (Wildman–Crippen MR) is 86.2 cm³/mol. The van der Waals surface area contributed by atoms with Crippen LogP contribution in [0.5, 0.6) is 11.5 Å². The topological polar surface area (TPSA) is 41.6 Å². The zero-order valence-corrected chi connectivity index (χ0v) is 13.3. The molecule has 1 N–H and O–H groups in total. The Morgan fingerprint density at radius 2 is 1.96 bits per heavy atom. The van der Waals surface area contributed by atoms with Gasteiger partial charge in [0, 0.05) is 37.3 Å². The first-order chi connectivity index (χ1) is 11.5. The largest absolute Gasteiger partial charge is 0.454 e. The van der Waals surface area contributed by atoms with Crippen molar-refractivity contribution in [3.63, 3.8) is 0 Å². The molecule has 2 aromatic rings. The number of carbonyl (C=O) groups excluding carboxylic acids is 1. The second-order valence-electron chi connectivity index (χ2n) is 5.75. The van der Waals surface area contributed by atoms with Crippen molar-refractivity contribution in [3.05, 3.63) is 59.7 Å². The smallest absolute Gasteiger partial charge is 0.254 e. The summed E-state index contributed by atoms with van der Waals surface area (Å²) < 4.78 is 31.9. The van der Waals surface area contributed by atoms with E-state index in [4.69, 9.17) is 4.74 Å². The van der Waals surface area contributed by atoms with Gasteiger partial charge >= 0.3 is 0 Å². The molecule has 2 aromatic carbocycles. The number of hydrogen-bond acceptors (Lipinski definition) is 3. The highest BCUT2D eigenvalue weighted by atomic mass is 19.1. The first-order valence-electron chi connectivity index (χ1n) is 7.79. The quantitative estimate of drug-likeness (QED) is 0.938. The van der Waals surface area contributed by atoms with E-state index in [1.165, 1.54) is 6.07 Å². The summed E-state index contributed by atoms with van der Waals surface area (Å²) >= 11 is 0. The Hall–Kier alpha value is -2.47. The molecular weight excluding hydrogens is 314 g/mol. The minimum Gasteiger partial charge on any atom is -0.454 e. The fourth-order valence-electron chi connectivity index (χ4n) is 2.66. The number of rotatable bonds is 3. The van der Waals surface area contributed by atoms with Crippen LogP contribution in [0.3, 0.4) is 0 Å². The van der Waals surface area contributed by atoms with Gasteiger partial charge in [-0.2, -0.15) is 0 Å². The van der Waals surface area contributed by atoms with Gasteiger partial charge in [-0.1, -0.05) is 0 Å². The number of hydrogen-bond donors (Lipinski definition) is 1. The lowest BCUT2D eigenvalue weighted by Crippen LogP contribution is -2.52. The van der Waals surface area contributed by atoms with Gasteiger partial charge < -0.3 is 15.0 Å². The zero-order valence-electron chi connectivity index (χ0n) is 13.3. The SMILES string of the molecule is C[C@H]1CNCCN1C(=O)c1ccc(Oc2ccc(F)cc2F)cc1. The monoisotopic (exact) mass is 332 g/mol. The molecule has 1 amide bonds. The molecule has 1 atom stereocenters. The lowest BCUT2D eigenvalue weighted by molar-refractivity contribution is 0.0655. The Kier molecular flexibility index (Phi) is 4.76. The number of carbonyl (C=O) groups is 1.